The molecule has 4 nitrogen and oxygen atoms in total. The van der Waals surface area contributed by atoms with Crippen LogP contribution in [0.25, 0.3) is 0 Å². The summed E-state index contributed by atoms with van der Waals surface area (Å²) >= 11 is 0. The maximum absolute atomic E-state index is 12.0. The van der Waals surface area contributed by atoms with E-state index in [1.54, 1.807) is 0 Å². The van der Waals surface area contributed by atoms with Crippen LogP contribution >= 0.6 is 0 Å². The van der Waals surface area contributed by atoms with Gasteiger partial charge < -0.3 is 9.84 Å². The number of aliphatic carboxylic acids is 1. The summed E-state index contributed by atoms with van der Waals surface area (Å²) in [5.74, 6) is -1.74. The smallest absolute Gasteiger partial charge is 0.309 e. The van der Waals surface area contributed by atoms with Crippen LogP contribution in [-0.2, 0) is 14.3 Å². The average molecular weight is 565 g/mol. The van der Waals surface area contributed by atoms with Crippen LogP contribution in [0.1, 0.15) is 194 Å². The minimum Gasteiger partial charge on any atom is -0.481 e. The second-order valence-corrected chi connectivity index (χ2v) is 12.1. The Morgan fingerprint density at radius 1 is 0.550 bits per heavy atom. The van der Waals surface area contributed by atoms with Crippen LogP contribution in [0.2, 0.25) is 0 Å². The van der Waals surface area contributed by atoms with Crippen LogP contribution in [0, 0.1) is 5.92 Å². The van der Waals surface area contributed by atoms with E-state index in [9.17, 15) is 9.59 Å². The van der Waals surface area contributed by atoms with Crippen molar-refractivity contribution in [2.24, 2.45) is 5.92 Å². The second kappa shape index (κ2) is 32.2. The molecule has 40 heavy (non-hydrogen) atoms. The third-order valence-electron chi connectivity index (χ3n) is 8.02. The van der Waals surface area contributed by atoms with Crippen molar-refractivity contribution in [3.8, 4) is 0 Å². The molecule has 1 N–H and O–H groups in total. The van der Waals surface area contributed by atoms with Crippen LogP contribution in [0.15, 0.2) is 12.2 Å². The normalized spacial score (nSPS) is 12.2. The molecule has 0 saturated carbocycles. The molecule has 0 heterocycles. The first-order valence-electron chi connectivity index (χ1n) is 17.6. The topological polar surface area (TPSA) is 63.6 Å². The van der Waals surface area contributed by atoms with Crippen molar-refractivity contribution < 1.29 is 19.4 Å². The summed E-state index contributed by atoms with van der Waals surface area (Å²) in [5, 5.41) is 9.05. The number of carboxylic acids is 1. The Kier molecular flexibility index (Phi) is 31.1. The summed E-state index contributed by atoms with van der Waals surface area (Å²) in [6.45, 7) is 4.61. The molecule has 0 aliphatic carbocycles. The minimum atomic E-state index is -0.915. The highest BCUT2D eigenvalue weighted by Crippen LogP contribution is 2.18. The summed E-state index contributed by atoms with van der Waals surface area (Å²) in [7, 11) is 0. The van der Waals surface area contributed by atoms with Gasteiger partial charge in [-0.25, -0.2) is 0 Å². The van der Waals surface area contributed by atoms with Crippen LogP contribution < -0.4 is 0 Å². The summed E-state index contributed by atoms with van der Waals surface area (Å²) in [4.78, 5) is 23.1. The summed E-state index contributed by atoms with van der Waals surface area (Å²) < 4.78 is 5.16. The number of hydrogen-bond donors (Lipinski definition) is 1. The van der Waals surface area contributed by atoms with E-state index in [0.717, 1.165) is 19.3 Å². The van der Waals surface area contributed by atoms with Crippen molar-refractivity contribution in [3.63, 3.8) is 0 Å². The quantitative estimate of drug-likeness (QED) is 0.0501. The van der Waals surface area contributed by atoms with Crippen molar-refractivity contribution in [2.45, 2.75) is 194 Å². The van der Waals surface area contributed by atoms with Gasteiger partial charge in [-0.05, 0) is 38.5 Å². The van der Waals surface area contributed by atoms with E-state index in [4.69, 9.17) is 9.84 Å². The molecule has 0 aromatic rings. The molecule has 0 spiro atoms. The van der Waals surface area contributed by atoms with Gasteiger partial charge in [-0.3, -0.25) is 9.59 Å². The molecule has 0 aliphatic heterocycles. The predicted octanol–water partition coefficient (Wildman–Crippen LogP) is 11.7. The van der Waals surface area contributed by atoms with E-state index >= 15 is 0 Å². The van der Waals surface area contributed by atoms with Gasteiger partial charge in [0.05, 0.1) is 18.9 Å². The number of ether oxygens (including phenoxy) is 1. The monoisotopic (exact) mass is 565 g/mol. The lowest BCUT2D eigenvalue weighted by atomic mass is 9.97. The van der Waals surface area contributed by atoms with E-state index in [-0.39, 0.29) is 12.4 Å². The van der Waals surface area contributed by atoms with E-state index < -0.39 is 11.9 Å². The number of unbranched alkanes of at least 4 members (excludes halogenated alkanes) is 23. The number of allylic oxidation sites excluding steroid dienone is 2. The first kappa shape index (κ1) is 38.7. The van der Waals surface area contributed by atoms with Gasteiger partial charge in [-0.1, -0.05) is 161 Å². The largest absolute Gasteiger partial charge is 0.481 e. The number of esters is 1. The maximum atomic E-state index is 12.0. The lowest BCUT2D eigenvalue weighted by molar-refractivity contribution is -0.153. The number of rotatable bonds is 32. The van der Waals surface area contributed by atoms with Gasteiger partial charge >= 0.3 is 11.9 Å². The van der Waals surface area contributed by atoms with Crippen molar-refractivity contribution in [1.82, 2.24) is 0 Å². The molecular formula is C36H68O4. The van der Waals surface area contributed by atoms with Gasteiger partial charge in [-0.15, -0.1) is 0 Å². The average Bonchev–Trinajstić information content (AvgIpc) is 2.94. The van der Waals surface area contributed by atoms with Gasteiger partial charge in [0.25, 0.3) is 0 Å². The highest BCUT2D eigenvalue weighted by molar-refractivity contribution is 5.79. The van der Waals surface area contributed by atoms with Gasteiger partial charge in [0.2, 0.25) is 0 Å². The molecule has 0 rings (SSSR count). The van der Waals surface area contributed by atoms with Crippen molar-refractivity contribution >= 4 is 11.9 Å². The van der Waals surface area contributed by atoms with Crippen LogP contribution in [0.5, 0.6) is 0 Å². The minimum absolute atomic E-state index is 0.111. The molecule has 0 radical (unpaired) electrons. The molecule has 4 heteroatoms. The van der Waals surface area contributed by atoms with Crippen molar-refractivity contribution in [2.75, 3.05) is 6.61 Å². The Balaban J connectivity index is 3.33. The van der Waals surface area contributed by atoms with E-state index in [0.29, 0.717) is 13.0 Å². The SMILES string of the molecule is CCCCCCCC/C=C/CCCCCCCCCCCCCCCCCCCC(CC(=O)O)C(=O)OCCC. The Morgan fingerprint density at radius 2 is 0.925 bits per heavy atom. The summed E-state index contributed by atoms with van der Waals surface area (Å²) in [6, 6.07) is 0. The van der Waals surface area contributed by atoms with Gasteiger partial charge in [0, 0.05) is 0 Å². The molecule has 0 aliphatic rings. The first-order chi connectivity index (χ1) is 19.6. The summed E-state index contributed by atoms with van der Waals surface area (Å²) in [6.07, 6.45) is 39.5. The molecule has 0 aromatic carbocycles. The zero-order valence-electron chi connectivity index (χ0n) is 26.9. The Labute approximate surface area is 249 Å². The Hall–Kier alpha value is -1.32. The van der Waals surface area contributed by atoms with Crippen LogP contribution in [-0.4, -0.2) is 23.7 Å². The number of carbonyl (C=O) groups is 2. The zero-order valence-corrected chi connectivity index (χ0v) is 26.9. The molecule has 236 valence electrons. The van der Waals surface area contributed by atoms with Gasteiger partial charge in [0.15, 0.2) is 0 Å². The van der Waals surface area contributed by atoms with E-state index in [1.807, 2.05) is 6.92 Å². The lowest BCUT2D eigenvalue weighted by Crippen LogP contribution is -2.21. The molecule has 0 aromatic heterocycles. The zero-order chi connectivity index (χ0) is 29.4. The molecule has 0 saturated heterocycles. The molecule has 0 bridgehead atoms. The fourth-order valence-corrected chi connectivity index (χ4v) is 5.42. The second-order valence-electron chi connectivity index (χ2n) is 12.1. The molecular weight excluding hydrogens is 496 g/mol. The molecule has 0 amide bonds. The first-order valence-corrected chi connectivity index (χ1v) is 17.6. The van der Waals surface area contributed by atoms with Gasteiger partial charge in [0.1, 0.15) is 0 Å². The number of hydrogen-bond acceptors (Lipinski definition) is 3. The Morgan fingerprint density at radius 3 is 1.30 bits per heavy atom. The van der Waals surface area contributed by atoms with Crippen LogP contribution in [0.4, 0.5) is 0 Å². The fourth-order valence-electron chi connectivity index (χ4n) is 5.42. The fraction of sp³-hybridized carbons (Fsp3) is 0.889. The molecule has 1 atom stereocenters. The van der Waals surface area contributed by atoms with E-state index in [1.165, 1.54) is 148 Å². The Bertz CT molecular complexity index is 571. The van der Waals surface area contributed by atoms with Crippen LogP contribution in [0.3, 0.4) is 0 Å². The standard InChI is InChI=1S/C36H68O4/c1-3-5-6-7-8-9-10-11-12-13-14-15-16-17-18-19-20-21-22-23-24-25-26-27-28-29-30-31-34(33-35(37)38)36(39)40-32-4-2/h11-12,34H,3-10,13-33H2,1-2H3,(H,37,38)/b12-11+. The molecule has 1 unspecified atom stereocenters. The highest BCUT2D eigenvalue weighted by atomic mass is 16.5. The predicted molar refractivity (Wildman–Crippen MR) is 172 cm³/mol. The third-order valence-corrected chi connectivity index (χ3v) is 8.02. The number of carboxylic acid groups (broad SMARTS) is 1. The lowest BCUT2D eigenvalue weighted by Gasteiger charge is -2.13. The summed E-state index contributed by atoms with van der Waals surface area (Å²) in [5.41, 5.74) is 0. The molecule has 0 fully saturated rings. The van der Waals surface area contributed by atoms with E-state index in [2.05, 4.69) is 19.1 Å². The maximum Gasteiger partial charge on any atom is 0.309 e. The number of carbonyl (C=O) groups excluding carboxylic acids is 1. The van der Waals surface area contributed by atoms with Gasteiger partial charge in [-0.2, -0.15) is 0 Å². The van der Waals surface area contributed by atoms with Crippen molar-refractivity contribution in [1.29, 1.82) is 0 Å². The van der Waals surface area contributed by atoms with Crippen molar-refractivity contribution in [3.05, 3.63) is 12.2 Å². The highest BCUT2D eigenvalue weighted by Gasteiger charge is 2.22. The third kappa shape index (κ3) is 29.7.